The lowest BCUT2D eigenvalue weighted by atomic mass is 9.94. The Bertz CT molecular complexity index is 1700. The third-order valence-corrected chi connectivity index (χ3v) is 11.2. The summed E-state index contributed by atoms with van der Waals surface area (Å²) in [5.41, 5.74) is 3.19. The minimum Gasteiger partial charge on any atom is -0.469 e. The van der Waals surface area contributed by atoms with Crippen LogP contribution in [0.5, 0.6) is 11.8 Å². The van der Waals surface area contributed by atoms with Crippen molar-refractivity contribution in [3.8, 4) is 11.8 Å². The molecule has 0 radical (unpaired) electrons. The van der Waals surface area contributed by atoms with Crippen molar-refractivity contribution in [3.05, 3.63) is 46.9 Å². The lowest BCUT2D eigenvalue weighted by molar-refractivity contribution is -0.146. The van der Waals surface area contributed by atoms with E-state index in [2.05, 4.69) is 14.7 Å². The van der Waals surface area contributed by atoms with Gasteiger partial charge >= 0.3 is 12.0 Å². The molecule has 10 nitrogen and oxygen atoms in total. The molecule has 0 bridgehead atoms. The van der Waals surface area contributed by atoms with Crippen molar-refractivity contribution in [2.75, 3.05) is 70.1 Å². The molecule has 0 saturated carbocycles. The molecule has 12 heteroatoms. The van der Waals surface area contributed by atoms with E-state index in [1.165, 1.54) is 13.2 Å². The lowest BCUT2D eigenvalue weighted by Crippen LogP contribution is -2.43. The van der Waals surface area contributed by atoms with E-state index >= 15 is 4.39 Å². The summed E-state index contributed by atoms with van der Waals surface area (Å²) in [5.74, 6) is 1.09. The summed E-state index contributed by atoms with van der Waals surface area (Å²) >= 11 is 0. The van der Waals surface area contributed by atoms with Crippen LogP contribution in [0, 0.1) is 11.7 Å². The van der Waals surface area contributed by atoms with Gasteiger partial charge < -0.3 is 28.7 Å². The first-order chi connectivity index (χ1) is 24.3. The third kappa shape index (κ3) is 6.80. The van der Waals surface area contributed by atoms with Crippen LogP contribution in [0.4, 0.5) is 20.3 Å². The maximum atomic E-state index is 15.2. The van der Waals surface area contributed by atoms with Gasteiger partial charge in [0, 0.05) is 62.4 Å². The highest BCUT2D eigenvalue weighted by molar-refractivity contribution is 5.98. The van der Waals surface area contributed by atoms with Crippen molar-refractivity contribution < 1.29 is 32.5 Å². The quantitative estimate of drug-likeness (QED) is 0.186. The van der Waals surface area contributed by atoms with E-state index in [1.54, 1.807) is 13.2 Å². The minimum atomic E-state index is -0.848. The summed E-state index contributed by atoms with van der Waals surface area (Å²) in [7, 11) is 3.04. The van der Waals surface area contributed by atoms with Crippen LogP contribution >= 0.6 is 0 Å². The first-order valence-corrected chi connectivity index (χ1v) is 18.2. The standard InChI is InChI=1S/C38H49F2N5O5/c1-4-29-31(40)11-10-26-18-28(50-24-47-2)19-33(34(26)29)44-17-12-30-32(22-44)41-37(49-23-38-13-7-16-45(38)21-27(39)20-38)42-35(30)43-14-5-8-25(9-6-15-43)36(46)48-3/h10-11,18-19,25,27H,4-9,12-17,20-24H2,1-3H3/t27-,38+/m1/s1. The molecule has 2 atom stereocenters. The predicted octanol–water partition coefficient (Wildman–Crippen LogP) is 6.00. The summed E-state index contributed by atoms with van der Waals surface area (Å²) in [6.45, 7) is 6.43. The van der Waals surface area contributed by atoms with Gasteiger partial charge in [-0.1, -0.05) is 13.0 Å². The van der Waals surface area contributed by atoms with E-state index in [1.807, 2.05) is 19.1 Å². The highest BCUT2D eigenvalue weighted by Crippen LogP contribution is 2.42. The van der Waals surface area contributed by atoms with Crippen molar-refractivity contribution >= 4 is 28.2 Å². The Morgan fingerprint density at radius 2 is 1.84 bits per heavy atom. The fourth-order valence-electron chi connectivity index (χ4n) is 8.77. The number of carbonyl (C=O) groups excluding carboxylic acids is 1. The predicted molar refractivity (Wildman–Crippen MR) is 187 cm³/mol. The van der Waals surface area contributed by atoms with Crippen molar-refractivity contribution in [2.45, 2.75) is 83.0 Å². The second-order valence-corrected chi connectivity index (χ2v) is 14.3. The number of fused-ring (bicyclic) bond motifs is 3. The third-order valence-electron chi connectivity index (χ3n) is 11.2. The number of hydrogen-bond acceptors (Lipinski definition) is 10. The number of rotatable bonds is 10. The number of anilines is 2. The zero-order valence-electron chi connectivity index (χ0n) is 29.5. The fourth-order valence-corrected chi connectivity index (χ4v) is 8.77. The summed E-state index contributed by atoms with van der Waals surface area (Å²) in [4.78, 5) is 29.2. The smallest absolute Gasteiger partial charge is 0.318 e. The van der Waals surface area contributed by atoms with Crippen LogP contribution in [-0.2, 0) is 33.7 Å². The molecule has 3 aromatic rings. The Labute approximate surface area is 293 Å². The van der Waals surface area contributed by atoms with Gasteiger partial charge in [-0.25, -0.2) is 8.78 Å². The fraction of sp³-hybridized carbons (Fsp3) is 0.605. The molecule has 2 aromatic carbocycles. The Kier molecular flexibility index (Phi) is 10.3. The monoisotopic (exact) mass is 693 g/mol. The molecular weight excluding hydrogens is 644 g/mol. The van der Waals surface area contributed by atoms with Crippen molar-refractivity contribution in [3.63, 3.8) is 0 Å². The molecule has 3 saturated heterocycles. The van der Waals surface area contributed by atoms with Crippen LogP contribution in [0.25, 0.3) is 10.8 Å². The van der Waals surface area contributed by atoms with E-state index in [4.69, 9.17) is 28.9 Å². The molecule has 3 fully saturated rings. The number of hydrogen-bond donors (Lipinski definition) is 0. The van der Waals surface area contributed by atoms with Crippen molar-refractivity contribution in [2.24, 2.45) is 5.92 Å². The molecule has 0 N–H and O–H groups in total. The summed E-state index contributed by atoms with van der Waals surface area (Å²) in [6.07, 6.45) is 5.99. The van der Waals surface area contributed by atoms with E-state index in [-0.39, 0.29) is 30.0 Å². The van der Waals surface area contributed by atoms with Crippen LogP contribution in [0.2, 0.25) is 0 Å². The molecule has 7 rings (SSSR count). The first-order valence-electron chi connectivity index (χ1n) is 18.2. The number of ether oxygens (including phenoxy) is 4. The summed E-state index contributed by atoms with van der Waals surface area (Å²) < 4.78 is 52.5. The maximum Gasteiger partial charge on any atom is 0.318 e. The van der Waals surface area contributed by atoms with Gasteiger partial charge in [-0.3, -0.25) is 9.69 Å². The lowest BCUT2D eigenvalue weighted by Gasteiger charge is -2.36. The van der Waals surface area contributed by atoms with Crippen LogP contribution in [-0.4, -0.2) is 92.9 Å². The zero-order chi connectivity index (χ0) is 34.8. The highest BCUT2D eigenvalue weighted by atomic mass is 19.1. The number of nitrogens with zero attached hydrogens (tertiary/aromatic N) is 5. The average molecular weight is 694 g/mol. The number of alkyl halides is 1. The van der Waals surface area contributed by atoms with E-state index in [9.17, 15) is 9.18 Å². The number of benzene rings is 2. The van der Waals surface area contributed by atoms with Gasteiger partial charge in [0.2, 0.25) is 0 Å². The molecule has 4 aliphatic heterocycles. The molecule has 4 aliphatic rings. The largest absolute Gasteiger partial charge is 0.469 e. The molecule has 50 heavy (non-hydrogen) atoms. The van der Waals surface area contributed by atoms with Gasteiger partial charge in [-0.15, -0.1) is 0 Å². The highest BCUT2D eigenvalue weighted by Gasteiger charge is 2.49. The number of carbonyl (C=O) groups is 1. The number of esters is 1. The van der Waals surface area contributed by atoms with E-state index in [0.29, 0.717) is 62.8 Å². The van der Waals surface area contributed by atoms with Crippen molar-refractivity contribution in [1.29, 1.82) is 0 Å². The molecule has 0 aliphatic carbocycles. The number of halogens is 2. The van der Waals surface area contributed by atoms with Crippen molar-refractivity contribution in [1.82, 2.24) is 14.9 Å². The van der Waals surface area contributed by atoms with Gasteiger partial charge in [0.15, 0.2) is 6.79 Å². The van der Waals surface area contributed by atoms with Gasteiger partial charge in [-0.05, 0) is 81.0 Å². The first kappa shape index (κ1) is 34.7. The van der Waals surface area contributed by atoms with Crippen LogP contribution in [0.3, 0.4) is 0 Å². The topological polar surface area (TPSA) is 89.5 Å². The molecule has 1 aromatic heterocycles. The maximum absolute atomic E-state index is 15.2. The molecular formula is C38H49F2N5O5. The Balaban J connectivity index is 1.24. The molecule has 270 valence electrons. The van der Waals surface area contributed by atoms with Gasteiger partial charge in [0.1, 0.15) is 30.2 Å². The summed E-state index contributed by atoms with van der Waals surface area (Å²) in [5, 5.41) is 1.77. The number of methoxy groups -OCH3 is 2. The zero-order valence-corrected chi connectivity index (χ0v) is 29.5. The molecule has 5 heterocycles. The van der Waals surface area contributed by atoms with Crippen LogP contribution in [0.1, 0.15) is 68.7 Å². The van der Waals surface area contributed by atoms with E-state index < -0.39 is 6.17 Å². The van der Waals surface area contributed by atoms with E-state index in [0.717, 1.165) is 91.7 Å². The van der Waals surface area contributed by atoms with Gasteiger partial charge in [-0.2, -0.15) is 9.97 Å². The van der Waals surface area contributed by atoms with Gasteiger partial charge in [0.25, 0.3) is 0 Å². The normalized spacial score (nSPS) is 23.0. The molecule has 0 spiro atoms. The Morgan fingerprint density at radius 1 is 1.02 bits per heavy atom. The Hall–Kier alpha value is -3.77. The Morgan fingerprint density at radius 3 is 2.60 bits per heavy atom. The van der Waals surface area contributed by atoms with Crippen LogP contribution in [0.15, 0.2) is 24.3 Å². The number of aryl methyl sites for hydroxylation is 1. The van der Waals surface area contributed by atoms with Crippen LogP contribution < -0.4 is 19.3 Å². The SMILES string of the molecule is CCc1c(F)ccc2cc(OCOC)cc(N3CCc4c(nc(OC[C@@]56CCCN5C[C@H](F)C6)nc4N4CCCC(C(=O)OC)CCC4)C3)c12. The second kappa shape index (κ2) is 14.8. The number of aromatic nitrogens is 2. The summed E-state index contributed by atoms with van der Waals surface area (Å²) in [6, 6.07) is 7.55. The minimum absolute atomic E-state index is 0.0791. The van der Waals surface area contributed by atoms with Gasteiger partial charge in [0.05, 0.1) is 30.8 Å². The second-order valence-electron chi connectivity index (χ2n) is 14.3. The average Bonchev–Trinajstić information content (AvgIpc) is 3.64. The molecule has 0 amide bonds. The molecule has 0 unspecified atom stereocenters.